The number of nitrogens with one attached hydrogen (secondary N) is 1. The molecule has 0 aliphatic rings. The zero-order valence-corrected chi connectivity index (χ0v) is 3.89. The van der Waals surface area contributed by atoms with Gasteiger partial charge in [-0.2, -0.15) is 0 Å². The van der Waals surface area contributed by atoms with E-state index in [0.717, 1.165) is 5.69 Å². The molecular formula is C4H5BN2. The first-order chi connectivity index (χ1) is 3.43. The average Bonchev–Trinajstić information content (AvgIpc) is 2.14. The van der Waals surface area contributed by atoms with Crippen LogP contribution in [0.25, 0.3) is 0 Å². The van der Waals surface area contributed by atoms with Gasteiger partial charge in [-0.05, 0) is 6.32 Å². The monoisotopic (exact) mass is 92.1 g/mol. The highest BCUT2D eigenvalue weighted by Crippen LogP contribution is 1.85. The lowest BCUT2D eigenvalue weighted by Gasteiger charge is -1.79. The molecule has 2 radical (unpaired) electrons. The normalized spacial score (nSPS) is 9.14. The highest BCUT2D eigenvalue weighted by atomic mass is 14.8. The molecule has 0 aromatic carbocycles. The molecule has 1 N–H and O–H groups in total. The molecule has 1 aromatic rings. The number of imidazole rings is 1. The molecule has 2 nitrogen and oxygen atoms in total. The third-order valence-corrected chi connectivity index (χ3v) is 0.775. The third-order valence-electron chi connectivity index (χ3n) is 0.775. The number of aromatic nitrogens is 2. The van der Waals surface area contributed by atoms with Gasteiger partial charge in [0.25, 0.3) is 0 Å². The van der Waals surface area contributed by atoms with Crippen molar-refractivity contribution >= 4 is 7.85 Å². The van der Waals surface area contributed by atoms with E-state index in [4.69, 9.17) is 7.85 Å². The molecule has 0 bridgehead atoms. The van der Waals surface area contributed by atoms with Crippen LogP contribution in [0.15, 0.2) is 12.5 Å². The van der Waals surface area contributed by atoms with Gasteiger partial charge in [-0.3, -0.25) is 0 Å². The maximum atomic E-state index is 5.22. The van der Waals surface area contributed by atoms with E-state index < -0.39 is 0 Å². The Hall–Kier alpha value is -0.725. The minimum atomic E-state index is 0.542. The fraction of sp³-hybridized carbons (Fsp3) is 0.250. The van der Waals surface area contributed by atoms with Gasteiger partial charge in [0, 0.05) is 11.9 Å². The first-order valence-corrected chi connectivity index (χ1v) is 2.11. The van der Waals surface area contributed by atoms with E-state index in [1.165, 1.54) is 0 Å². The molecule has 1 aromatic heterocycles. The first-order valence-electron chi connectivity index (χ1n) is 2.11. The molecule has 1 heterocycles. The van der Waals surface area contributed by atoms with Gasteiger partial charge >= 0.3 is 0 Å². The fourth-order valence-corrected chi connectivity index (χ4v) is 0.396. The second kappa shape index (κ2) is 1.82. The Kier molecular flexibility index (Phi) is 1.15. The van der Waals surface area contributed by atoms with Crippen LogP contribution in [-0.4, -0.2) is 17.8 Å². The molecule has 0 saturated carbocycles. The van der Waals surface area contributed by atoms with E-state index in [1.54, 1.807) is 12.5 Å². The van der Waals surface area contributed by atoms with Gasteiger partial charge < -0.3 is 4.98 Å². The number of rotatable bonds is 1. The Morgan fingerprint density at radius 1 is 1.86 bits per heavy atom. The lowest BCUT2D eigenvalue weighted by molar-refractivity contribution is 1.22. The van der Waals surface area contributed by atoms with Crippen molar-refractivity contribution in [3.05, 3.63) is 18.2 Å². The van der Waals surface area contributed by atoms with Crippen LogP contribution >= 0.6 is 0 Å². The van der Waals surface area contributed by atoms with Gasteiger partial charge in [0.2, 0.25) is 0 Å². The van der Waals surface area contributed by atoms with Crippen LogP contribution in [0.1, 0.15) is 5.69 Å². The molecular weight excluding hydrogens is 86.9 g/mol. The molecule has 0 aliphatic carbocycles. The summed E-state index contributed by atoms with van der Waals surface area (Å²) in [6.07, 6.45) is 3.86. The second-order valence-electron chi connectivity index (χ2n) is 1.28. The van der Waals surface area contributed by atoms with Crippen molar-refractivity contribution in [2.45, 2.75) is 6.32 Å². The molecule has 0 saturated heterocycles. The summed E-state index contributed by atoms with van der Waals surface area (Å²) in [4.78, 5) is 6.61. The van der Waals surface area contributed by atoms with Crippen molar-refractivity contribution < 1.29 is 0 Å². The molecule has 0 unspecified atom stereocenters. The predicted molar refractivity (Wildman–Crippen MR) is 28.0 cm³/mol. The zero-order valence-electron chi connectivity index (χ0n) is 3.89. The molecule has 1 rings (SSSR count). The fourth-order valence-electron chi connectivity index (χ4n) is 0.396. The van der Waals surface area contributed by atoms with E-state index in [9.17, 15) is 0 Å². The summed E-state index contributed by atoms with van der Waals surface area (Å²) in [5.74, 6) is 0. The lowest BCUT2D eigenvalue weighted by Crippen LogP contribution is -1.79. The van der Waals surface area contributed by atoms with E-state index in [-0.39, 0.29) is 0 Å². The summed E-state index contributed by atoms with van der Waals surface area (Å²) in [6.45, 7) is 0. The predicted octanol–water partition coefficient (Wildman–Crippen LogP) is 0.0782. The van der Waals surface area contributed by atoms with Gasteiger partial charge in [-0.15, -0.1) is 0 Å². The van der Waals surface area contributed by atoms with Gasteiger partial charge in [0.05, 0.1) is 14.2 Å². The van der Waals surface area contributed by atoms with E-state index >= 15 is 0 Å². The van der Waals surface area contributed by atoms with Gasteiger partial charge in [-0.1, -0.05) is 0 Å². The highest BCUT2D eigenvalue weighted by Gasteiger charge is 1.82. The third kappa shape index (κ3) is 0.826. The van der Waals surface area contributed by atoms with Crippen LogP contribution in [0, 0.1) is 0 Å². The molecule has 0 fully saturated rings. The summed E-state index contributed by atoms with van der Waals surface area (Å²) >= 11 is 0. The SMILES string of the molecule is [B]Cc1cnc[nH]1. The van der Waals surface area contributed by atoms with Crippen LogP contribution in [0.4, 0.5) is 0 Å². The average molecular weight is 91.9 g/mol. The molecule has 0 spiro atoms. The summed E-state index contributed by atoms with van der Waals surface area (Å²) in [5.41, 5.74) is 0.972. The Labute approximate surface area is 43.4 Å². The van der Waals surface area contributed by atoms with Gasteiger partial charge in [0.1, 0.15) is 0 Å². The minimum Gasteiger partial charge on any atom is -0.349 e. The molecule has 0 amide bonds. The molecule has 7 heavy (non-hydrogen) atoms. The van der Waals surface area contributed by atoms with E-state index in [1.807, 2.05) is 0 Å². The Morgan fingerprint density at radius 2 is 2.71 bits per heavy atom. The van der Waals surface area contributed by atoms with Crippen molar-refractivity contribution in [1.82, 2.24) is 9.97 Å². The first kappa shape index (κ1) is 4.43. The maximum absolute atomic E-state index is 5.22. The zero-order chi connectivity index (χ0) is 5.11. The largest absolute Gasteiger partial charge is 0.349 e. The molecule has 0 atom stereocenters. The Balaban J connectivity index is 2.76. The van der Waals surface area contributed by atoms with Crippen LogP contribution in [0.3, 0.4) is 0 Å². The molecule has 34 valence electrons. The smallest absolute Gasteiger partial charge is 0.0921 e. The minimum absolute atomic E-state index is 0.542. The van der Waals surface area contributed by atoms with Crippen molar-refractivity contribution in [3.63, 3.8) is 0 Å². The number of aromatic amines is 1. The van der Waals surface area contributed by atoms with Crippen molar-refractivity contribution in [1.29, 1.82) is 0 Å². The van der Waals surface area contributed by atoms with Crippen LogP contribution in [0.2, 0.25) is 0 Å². The second-order valence-corrected chi connectivity index (χ2v) is 1.28. The van der Waals surface area contributed by atoms with Crippen molar-refractivity contribution in [2.24, 2.45) is 0 Å². The Bertz CT molecular complexity index is 124. The quantitative estimate of drug-likeness (QED) is 0.488. The van der Waals surface area contributed by atoms with Crippen molar-refractivity contribution in [2.75, 3.05) is 0 Å². The van der Waals surface area contributed by atoms with Crippen LogP contribution < -0.4 is 0 Å². The van der Waals surface area contributed by atoms with Gasteiger partial charge in [0.15, 0.2) is 0 Å². The maximum Gasteiger partial charge on any atom is 0.0921 e. The standard InChI is InChI=1S/C4H5BN2/c5-1-4-2-6-3-7-4/h2-3H,1H2,(H,6,7). The summed E-state index contributed by atoms with van der Waals surface area (Å²) in [6, 6.07) is 0. The van der Waals surface area contributed by atoms with Crippen LogP contribution in [0.5, 0.6) is 0 Å². The number of hydrogen-bond donors (Lipinski definition) is 1. The number of hydrogen-bond acceptors (Lipinski definition) is 1. The summed E-state index contributed by atoms with van der Waals surface area (Å²) in [5, 5.41) is 0. The topological polar surface area (TPSA) is 28.7 Å². The van der Waals surface area contributed by atoms with Crippen LogP contribution in [-0.2, 0) is 6.32 Å². The van der Waals surface area contributed by atoms with Gasteiger partial charge in [-0.25, -0.2) is 4.98 Å². The van der Waals surface area contributed by atoms with E-state index in [2.05, 4.69) is 9.97 Å². The molecule has 3 heteroatoms. The number of nitrogens with zero attached hydrogens (tertiary/aromatic N) is 1. The highest BCUT2D eigenvalue weighted by molar-refractivity contribution is 6.08. The van der Waals surface area contributed by atoms with Crippen molar-refractivity contribution in [3.8, 4) is 0 Å². The van der Waals surface area contributed by atoms with E-state index in [0.29, 0.717) is 6.32 Å². The Morgan fingerprint density at radius 3 is 3.00 bits per heavy atom. The summed E-state index contributed by atoms with van der Waals surface area (Å²) in [7, 11) is 5.22. The molecule has 0 aliphatic heterocycles. The number of H-pyrrole nitrogens is 1. The lowest BCUT2D eigenvalue weighted by atomic mass is 10.0. The summed E-state index contributed by atoms with van der Waals surface area (Å²) < 4.78 is 0.